The SMILES string of the molecule is CNC(=O)c1ccc(N)cc1SC(C)(C)C. The van der Waals surface area contributed by atoms with Crippen LogP contribution in [0.3, 0.4) is 0 Å². The Morgan fingerprint density at radius 2 is 2.00 bits per heavy atom. The summed E-state index contributed by atoms with van der Waals surface area (Å²) in [5.74, 6) is -0.0771. The molecule has 0 spiro atoms. The van der Waals surface area contributed by atoms with Crippen LogP contribution in [0, 0.1) is 0 Å². The topological polar surface area (TPSA) is 55.1 Å². The summed E-state index contributed by atoms with van der Waals surface area (Å²) in [5.41, 5.74) is 7.10. The summed E-state index contributed by atoms with van der Waals surface area (Å²) in [4.78, 5) is 12.6. The highest BCUT2D eigenvalue weighted by Crippen LogP contribution is 2.35. The fraction of sp³-hybridized carbons (Fsp3) is 0.417. The molecule has 4 heteroatoms. The Labute approximate surface area is 101 Å². The molecule has 3 N–H and O–H groups in total. The van der Waals surface area contributed by atoms with Crippen LogP contribution in [0.2, 0.25) is 0 Å². The second-order valence-electron chi connectivity index (χ2n) is 4.55. The number of carbonyl (C=O) groups excluding carboxylic acids is 1. The second kappa shape index (κ2) is 4.78. The lowest BCUT2D eigenvalue weighted by atomic mass is 10.2. The Kier molecular flexibility index (Phi) is 3.86. The molecule has 0 heterocycles. The van der Waals surface area contributed by atoms with Crippen molar-refractivity contribution in [1.82, 2.24) is 5.32 Å². The van der Waals surface area contributed by atoms with Crippen molar-refractivity contribution < 1.29 is 4.79 Å². The van der Waals surface area contributed by atoms with Crippen molar-refractivity contribution in [2.45, 2.75) is 30.4 Å². The normalized spacial score (nSPS) is 11.2. The van der Waals surface area contributed by atoms with Crippen molar-refractivity contribution in [1.29, 1.82) is 0 Å². The molecule has 0 unspecified atom stereocenters. The van der Waals surface area contributed by atoms with Gasteiger partial charge in [-0.1, -0.05) is 20.8 Å². The third-order valence-corrected chi connectivity index (χ3v) is 3.06. The lowest BCUT2D eigenvalue weighted by Gasteiger charge is -2.19. The van der Waals surface area contributed by atoms with E-state index in [1.54, 1.807) is 30.9 Å². The van der Waals surface area contributed by atoms with E-state index in [-0.39, 0.29) is 10.7 Å². The molecule has 0 saturated carbocycles. The summed E-state index contributed by atoms with van der Waals surface area (Å²) in [6, 6.07) is 5.36. The van der Waals surface area contributed by atoms with Crippen molar-refractivity contribution in [3.63, 3.8) is 0 Å². The highest BCUT2D eigenvalue weighted by molar-refractivity contribution is 8.00. The summed E-state index contributed by atoms with van der Waals surface area (Å²) in [5, 5.41) is 2.63. The van der Waals surface area contributed by atoms with E-state index >= 15 is 0 Å². The molecule has 16 heavy (non-hydrogen) atoms. The van der Waals surface area contributed by atoms with Gasteiger partial charge >= 0.3 is 0 Å². The molecule has 0 aliphatic carbocycles. The Morgan fingerprint density at radius 3 is 2.50 bits per heavy atom. The Balaban J connectivity index is 3.13. The molecule has 0 aliphatic heterocycles. The molecule has 0 saturated heterocycles. The maximum absolute atomic E-state index is 11.7. The first-order chi connectivity index (χ1) is 7.33. The molecular formula is C12H18N2OS. The zero-order valence-electron chi connectivity index (χ0n) is 10.1. The average molecular weight is 238 g/mol. The van der Waals surface area contributed by atoms with Crippen molar-refractivity contribution >= 4 is 23.4 Å². The first-order valence-electron chi connectivity index (χ1n) is 5.14. The molecule has 88 valence electrons. The van der Waals surface area contributed by atoms with Gasteiger partial charge in [-0.3, -0.25) is 4.79 Å². The molecule has 3 nitrogen and oxygen atoms in total. The maximum Gasteiger partial charge on any atom is 0.252 e. The third kappa shape index (κ3) is 3.45. The first kappa shape index (κ1) is 12.9. The van der Waals surface area contributed by atoms with Crippen LogP contribution in [0.5, 0.6) is 0 Å². The number of nitrogen functional groups attached to an aromatic ring is 1. The number of nitrogens with two attached hydrogens (primary N) is 1. The highest BCUT2D eigenvalue weighted by Gasteiger charge is 2.17. The van der Waals surface area contributed by atoms with Gasteiger partial charge in [0.2, 0.25) is 0 Å². The van der Waals surface area contributed by atoms with Crippen molar-refractivity contribution in [2.75, 3.05) is 12.8 Å². The van der Waals surface area contributed by atoms with Crippen LogP contribution in [0.1, 0.15) is 31.1 Å². The zero-order chi connectivity index (χ0) is 12.3. The number of hydrogen-bond donors (Lipinski definition) is 2. The van der Waals surface area contributed by atoms with E-state index in [2.05, 4.69) is 26.1 Å². The van der Waals surface area contributed by atoms with E-state index < -0.39 is 0 Å². The van der Waals surface area contributed by atoms with Crippen molar-refractivity contribution in [3.05, 3.63) is 23.8 Å². The number of benzene rings is 1. The summed E-state index contributed by atoms with van der Waals surface area (Å²) in [7, 11) is 1.63. The van der Waals surface area contributed by atoms with Gasteiger partial charge < -0.3 is 11.1 Å². The first-order valence-corrected chi connectivity index (χ1v) is 5.96. The molecule has 1 rings (SSSR count). The van der Waals surface area contributed by atoms with Gasteiger partial charge in [0.15, 0.2) is 0 Å². The van der Waals surface area contributed by atoms with Gasteiger partial charge in [-0.2, -0.15) is 0 Å². The monoisotopic (exact) mass is 238 g/mol. The minimum atomic E-state index is -0.0771. The predicted octanol–water partition coefficient (Wildman–Crippen LogP) is 2.52. The number of rotatable bonds is 2. The van der Waals surface area contributed by atoms with Crippen LogP contribution >= 0.6 is 11.8 Å². The van der Waals surface area contributed by atoms with Gasteiger partial charge in [0.25, 0.3) is 5.91 Å². The molecule has 1 aromatic rings. The molecule has 0 fully saturated rings. The van der Waals surface area contributed by atoms with E-state index in [1.165, 1.54) is 0 Å². The molecule has 0 atom stereocenters. The Hall–Kier alpha value is -1.16. The number of hydrogen-bond acceptors (Lipinski definition) is 3. The Bertz CT molecular complexity index is 396. The van der Waals surface area contributed by atoms with E-state index in [1.807, 2.05) is 6.07 Å². The third-order valence-electron chi connectivity index (χ3n) is 1.89. The average Bonchev–Trinajstić information content (AvgIpc) is 2.14. The van der Waals surface area contributed by atoms with Crippen LogP contribution in [0.25, 0.3) is 0 Å². The van der Waals surface area contributed by atoms with Crippen molar-refractivity contribution in [2.24, 2.45) is 0 Å². The lowest BCUT2D eigenvalue weighted by Crippen LogP contribution is -2.19. The van der Waals surface area contributed by atoms with Crippen LogP contribution in [-0.2, 0) is 0 Å². The second-order valence-corrected chi connectivity index (χ2v) is 6.42. The number of anilines is 1. The number of amides is 1. The van der Waals surface area contributed by atoms with E-state index in [4.69, 9.17) is 5.73 Å². The van der Waals surface area contributed by atoms with Gasteiger partial charge in [0, 0.05) is 22.4 Å². The molecule has 0 aromatic heterocycles. The summed E-state index contributed by atoms with van der Waals surface area (Å²) >= 11 is 1.64. The van der Waals surface area contributed by atoms with Gasteiger partial charge in [0.1, 0.15) is 0 Å². The van der Waals surface area contributed by atoms with E-state index in [0.717, 1.165) is 4.90 Å². The van der Waals surface area contributed by atoms with Crippen LogP contribution < -0.4 is 11.1 Å². The van der Waals surface area contributed by atoms with Gasteiger partial charge in [-0.15, -0.1) is 11.8 Å². The van der Waals surface area contributed by atoms with Crippen LogP contribution in [0.4, 0.5) is 5.69 Å². The minimum Gasteiger partial charge on any atom is -0.399 e. The molecule has 1 amide bonds. The zero-order valence-corrected chi connectivity index (χ0v) is 10.9. The van der Waals surface area contributed by atoms with Gasteiger partial charge in [-0.25, -0.2) is 0 Å². The van der Waals surface area contributed by atoms with Crippen LogP contribution in [-0.4, -0.2) is 17.7 Å². The molecule has 0 bridgehead atoms. The smallest absolute Gasteiger partial charge is 0.252 e. The fourth-order valence-electron chi connectivity index (χ4n) is 1.28. The van der Waals surface area contributed by atoms with E-state index in [0.29, 0.717) is 11.3 Å². The molecule has 0 aliphatic rings. The fourth-order valence-corrected chi connectivity index (χ4v) is 2.40. The maximum atomic E-state index is 11.7. The van der Waals surface area contributed by atoms with E-state index in [9.17, 15) is 4.79 Å². The lowest BCUT2D eigenvalue weighted by molar-refractivity contribution is 0.0960. The standard InChI is InChI=1S/C12H18N2OS/c1-12(2,3)16-10-7-8(13)5-6-9(10)11(15)14-4/h5-7H,13H2,1-4H3,(H,14,15). The minimum absolute atomic E-state index is 0.0521. The largest absolute Gasteiger partial charge is 0.399 e. The molecular weight excluding hydrogens is 220 g/mol. The molecule has 0 radical (unpaired) electrons. The van der Waals surface area contributed by atoms with Gasteiger partial charge in [0.05, 0.1) is 5.56 Å². The quantitative estimate of drug-likeness (QED) is 0.615. The number of thioether (sulfide) groups is 1. The van der Waals surface area contributed by atoms with Gasteiger partial charge in [-0.05, 0) is 18.2 Å². The van der Waals surface area contributed by atoms with Crippen LogP contribution in [0.15, 0.2) is 23.1 Å². The number of nitrogens with one attached hydrogen (secondary N) is 1. The molecule has 1 aromatic carbocycles. The predicted molar refractivity (Wildman–Crippen MR) is 69.9 cm³/mol. The van der Waals surface area contributed by atoms with Crippen molar-refractivity contribution in [3.8, 4) is 0 Å². The highest BCUT2D eigenvalue weighted by atomic mass is 32.2. The summed E-state index contributed by atoms with van der Waals surface area (Å²) < 4.78 is 0.0521. The Morgan fingerprint density at radius 1 is 1.38 bits per heavy atom. The summed E-state index contributed by atoms with van der Waals surface area (Å²) in [6.07, 6.45) is 0. The number of carbonyl (C=O) groups is 1. The summed E-state index contributed by atoms with van der Waals surface area (Å²) in [6.45, 7) is 6.32.